The molecule has 1 aromatic heterocycles. The molecule has 0 saturated heterocycles. The van der Waals surface area contributed by atoms with E-state index in [4.69, 9.17) is 9.15 Å². The molecule has 2 amide bonds. The van der Waals surface area contributed by atoms with Gasteiger partial charge in [-0.25, -0.2) is 18.8 Å². The van der Waals surface area contributed by atoms with Gasteiger partial charge in [0.05, 0.1) is 11.5 Å². The van der Waals surface area contributed by atoms with Crippen LogP contribution < -0.4 is 10.6 Å². The number of halogens is 2. The molecule has 0 radical (unpaired) electrons. The molecule has 2 aromatic carbocycles. The van der Waals surface area contributed by atoms with Crippen LogP contribution in [0.5, 0.6) is 0 Å². The lowest BCUT2D eigenvalue weighted by Gasteiger charge is -2.27. The predicted octanol–water partition coefficient (Wildman–Crippen LogP) is 3.89. The van der Waals surface area contributed by atoms with Crippen molar-refractivity contribution in [1.29, 1.82) is 0 Å². The molecule has 8 nitrogen and oxygen atoms in total. The number of benzene rings is 2. The molecule has 35 heavy (non-hydrogen) atoms. The molecule has 0 spiro atoms. The van der Waals surface area contributed by atoms with Crippen molar-refractivity contribution in [3.05, 3.63) is 70.9 Å². The number of aryl methyl sites for hydroxylation is 1. The Morgan fingerprint density at radius 2 is 1.71 bits per heavy atom. The molecular weight excluding hydrogens is 478 g/mol. The Morgan fingerprint density at radius 3 is 2.23 bits per heavy atom. The molecule has 2 N–H and O–H groups in total. The van der Waals surface area contributed by atoms with Gasteiger partial charge in [0.2, 0.25) is 17.7 Å². The second kappa shape index (κ2) is 11.0. The van der Waals surface area contributed by atoms with Gasteiger partial charge in [-0.05, 0) is 42.0 Å². The van der Waals surface area contributed by atoms with Gasteiger partial charge in [-0.15, -0.1) is 10.2 Å². The van der Waals surface area contributed by atoms with Crippen LogP contribution in [0.3, 0.4) is 0 Å². The number of methoxy groups -OCH3 is 1. The first-order valence-corrected chi connectivity index (χ1v) is 13.5. The monoisotopic (exact) mass is 506 g/mol. The van der Waals surface area contributed by atoms with Gasteiger partial charge in [-0.1, -0.05) is 24.3 Å². The van der Waals surface area contributed by atoms with E-state index in [-0.39, 0.29) is 22.9 Å². The Labute approximate surface area is 203 Å². The van der Waals surface area contributed by atoms with Crippen molar-refractivity contribution in [2.75, 3.05) is 31.2 Å². The van der Waals surface area contributed by atoms with E-state index in [0.29, 0.717) is 18.1 Å². The summed E-state index contributed by atoms with van der Waals surface area (Å²) in [6.07, 6.45) is 5.09. The SMILES string of the molecule is COCc1ccc([C@@H](NC(=O)Cc2nnc(C)o2)C(=O)Nc2cc(F)c(S(C)(C)C)c(F)c2)cc1. The van der Waals surface area contributed by atoms with Gasteiger partial charge in [-0.2, -0.15) is 0 Å². The van der Waals surface area contributed by atoms with Gasteiger partial charge < -0.3 is 19.8 Å². The smallest absolute Gasteiger partial charge is 0.251 e. The zero-order chi connectivity index (χ0) is 25.8. The van der Waals surface area contributed by atoms with Crippen LogP contribution in [0, 0.1) is 18.6 Å². The zero-order valence-corrected chi connectivity index (χ0v) is 21.0. The first kappa shape index (κ1) is 26.3. The summed E-state index contributed by atoms with van der Waals surface area (Å²) in [6, 6.07) is 7.86. The van der Waals surface area contributed by atoms with Crippen LogP contribution in [0.25, 0.3) is 0 Å². The van der Waals surface area contributed by atoms with Crippen molar-refractivity contribution in [1.82, 2.24) is 15.5 Å². The summed E-state index contributed by atoms with van der Waals surface area (Å²) in [5, 5.41) is 12.6. The quantitative estimate of drug-likeness (QED) is 0.456. The third-order valence-corrected chi connectivity index (χ3v) is 6.56. The minimum atomic E-state index is -1.67. The summed E-state index contributed by atoms with van der Waals surface area (Å²) in [5.41, 5.74) is 1.28. The topological polar surface area (TPSA) is 106 Å². The van der Waals surface area contributed by atoms with Crippen molar-refractivity contribution in [3.63, 3.8) is 0 Å². The maximum atomic E-state index is 14.7. The van der Waals surface area contributed by atoms with Crippen LogP contribution in [0.2, 0.25) is 0 Å². The third-order valence-electron chi connectivity index (χ3n) is 4.95. The van der Waals surface area contributed by atoms with Crippen LogP contribution in [0.15, 0.2) is 45.7 Å². The summed E-state index contributed by atoms with van der Waals surface area (Å²) in [5.74, 6) is -2.29. The van der Waals surface area contributed by atoms with E-state index in [2.05, 4.69) is 20.8 Å². The Kier molecular flexibility index (Phi) is 8.23. The first-order chi connectivity index (χ1) is 16.5. The minimum Gasteiger partial charge on any atom is -0.425 e. The number of hydrogen-bond donors (Lipinski definition) is 2. The number of carbonyl (C=O) groups excluding carboxylic acids is 2. The highest BCUT2D eigenvalue weighted by Crippen LogP contribution is 2.48. The first-order valence-electron chi connectivity index (χ1n) is 10.6. The summed E-state index contributed by atoms with van der Waals surface area (Å²) in [7, 11) is -0.108. The van der Waals surface area contributed by atoms with Gasteiger partial charge in [0.25, 0.3) is 5.91 Å². The van der Waals surface area contributed by atoms with E-state index in [1.807, 2.05) is 0 Å². The molecule has 0 fully saturated rings. The second-order valence-electron chi connectivity index (χ2n) is 8.66. The molecule has 0 aliphatic heterocycles. The number of rotatable bonds is 9. The fraction of sp³-hybridized carbons (Fsp3) is 0.333. The third kappa shape index (κ3) is 6.86. The maximum absolute atomic E-state index is 14.7. The van der Waals surface area contributed by atoms with Gasteiger partial charge in [0.1, 0.15) is 24.1 Å². The van der Waals surface area contributed by atoms with Gasteiger partial charge >= 0.3 is 0 Å². The van der Waals surface area contributed by atoms with E-state index in [9.17, 15) is 18.4 Å². The molecule has 1 atom stereocenters. The van der Waals surface area contributed by atoms with Crippen LogP contribution in [0.4, 0.5) is 14.5 Å². The van der Waals surface area contributed by atoms with Crippen LogP contribution in [-0.4, -0.2) is 47.9 Å². The van der Waals surface area contributed by atoms with Gasteiger partial charge in [-0.3, -0.25) is 9.59 Å². The lowest BCUT2D eigenvalue weighted by Crippen LogP contribution is -2.37. The van der Waals surface area contributed by atoms with Crippen LogP contribution in [0.1, 0.15) is 29.0 Å². The second-order valence-corrected chi connectivity index (χ2v) is 12.7. The average Bonchev–Trinajstić information content (AvgIpc) is 3.15. The van der Waals surface area contributed by atoms with Crippen molar-refractivity contribution >= 4 is 27.5 Å². The standard InChI is InChI=1S/C24H28F2N4O4S/c1-14-29-30-21(34-14)12-20(31)28-22(16-8-6-15(7-9-16)13-33-2)24(32)27-17-10-18(25)23(19(26)11-17)35(3,4)5/h6-11,22H,12-13H2,1-5H3,(H,27,32)(H,28,31)/t22-/m1/s1. The zero-order valence-electron chi connectivity index (χ0n) is 20.1. The van der Waals surface area contributed by atoms with Gasteiger partial charge in [0, 0.05) is 19.7 Å². The highest BCUT2D eigenvalue weighted by atomic mass is 32.3. The molecule has 0 saturated carbocycles. The van der Waals surface area contributed by atoms with Crippen molar-refractivity contribution in [2.24, 2.45) is 0 Å². The molecule has 11 heteroatoms. The number of aromatic nitrogens is 2. The number of anilines is 1. The number of carbonyl (C=O) groups is 2. The molecular formula is C24H28F2N4O4S. The Bertz CT molecular complexity index is 1190. The number of hydrogen-bond acceptors (Lipinski definition) is 6. The van der Waals surface area contributed by atoms with Crippen LogP contribution >= 0.6 is 10.0 Å². The number of nitrogens with zero attached hydrogens (tertiary/aromatic N) is 2. The van der Waals surface area contributed by atoms with E-state index in [0.717, 1.165) is 17.7 Å². The predicted molar refractivity (Wildman–Crippen MR) is 129 cm³/mol. The summed E-state index contributed by atoms with van der Waals surface area (Å²) in [4.78, 5) is 25.8. The Morgan fingerprint density at radius 1 is 1.09 bits per heavy atom. The molecule has 3 aromatic rings. The maximum Gasteiger partial charge on any atom is 0.251 e. The highest BCUT2D eigenvalue weighted by Gasteiger charge is 2.26. The summed E-state index contributed by atoms with van der Waals surface area (Å²) >= 11 is 0. The van der Waals surface area contributed by atoms with Gasteiger partial charge in [0.15, 0.2) is 0 Å². The largest absolute Gasteiger partial charge is 0.425 e. The van der Waals surface area contributed by atoms with Crippen molar-refractivity contribution in [3.8, 4) is 0 Å². The lowest BCUT2D eigenvalue weighted by atomic mass is 10.0. The number of nitrogens with one attached hydrogen (secondary N) is 2. The average molecular weight is 507 g/mol. The Hall–Kier alpha value is -3.31. The minimum absolute atomic E-state index is 0.00364. The molecule has 0 unspecified atom stereocenters. The van der Waals surface area contributed by atoms with Crippen molar-refractivity contribution < 1.29 is 27.5 Å². The van der Waals surface area contributed by atoms with E-state index in [1.165, 1.54) is 0 Å². The molecule has 0 aliphatic rings. The van der Waals surface area contributed by atoms with E-state index >= 15 is 0 Å². The highest BCUT2D eigenvalue weighted by molar-refractivity contribution is 8.32. The van der Waals surface area contributed by atoms with E-state index in [1.54, 1.807) is 57.1 Å². The summed E-state index contributed by atoms with van der Waals surface area (Å²) in [6.45, 7) is 1.97. The fourth-order valence-electron chi connectivity index (χ4n) is 3.46. The van der Waals surface area contributed by atoms with E-state index < -0.39 is 39.5 Å². The molecule has 188 valence electrons. The molecule has 1 heterocycles. The summed E-state index contributed by atoms with van der Waals surface area (Å²) < 4.78 is 39.7. The van der Waals surface area contributed by atoms with Crippen LogP contribution in [-0.2, 0) is 27.4 Å². The van der Waals surface area contributed by atoms with Crippen molar-refractivity contribution in [2.45, 2.75) is 30.9 Å². The fourth-order valence-corrected chi connectivity index (χ4v) is 4.75. The lowest BCUT2D eigenvalue weighted by molar-refractivity contribution is -0.126. The number of amides is 2. The Balaban J connectivity index is 1.86. The molecule has 3 rings (SSSR count). The number of ether oxygens (including phenoxy) is 1. The molecule has 0 aliphatic carbocycles. The molecule has 0 bridgehead atoms. The normalized spacial score (nSPS) is 12.8.